The first-order valence-electron chi connectivity index (χ1n) is 7.64. The number of aromatic nitrogens is 2. The zero-order valence-electron chi connectivity index (χ0n) is 14.8. The molecule has 0 aliphatic heterocycles. The standard InChI is InChI=1S/C14H19N5O5S3/c1-8-6-9(2)12(10(3)7-8)27(23,24)16-5-4-11(20)17-13-18-19-14(25-13)26(15,21)22/h6-7,16H,4-5H2,1-3H3,(H2,15,21,22)(H,17,18,20). The maximum absolute atomic E-state index is 12.5. The maximum Gasteiger partial charge on any atom is 0.267 e. The van der Waals surface area contributed by atoms with Crippen LogP contribution < -0.4 is 15.2 Å². The quantitative estimate of drug-likeness (QED) is 0.533. The number of aryl methyl sites for hydroxylation is 3. The van der Waals surface area contributed by atoms with E-state index in [0.717, 1.165) is 5.56 Å². The Morgan fingerprint density at radius 2 is 1.70 bits per heavy atom. The molecule has 0 unspecified atom stereocenters. The highest BCUT2D eigenvalue weighted by molar-refractivity contribution is 7.91. The van der Waals surface area contributed by atoms with Crippen LogP contribution in [0, 0.1) is 20.8 Å². The van der Waals surface area contributed by atoms with Crippen LogP contribution in [0.15, 0.2) is 21.4 Å². The summed E-state index contributed by atoms with van der Waals surface area (Å²) in [5, 5.41) is 14.1. The number of nitrogens with zero attached hydrogens (tertiary/aromatic N) is 2. The van der Waals surface area contributed by atoms with Crippen LogP contribution in [0.2, 0.25) is 0 Å². The molecule has 0 saturated carbocycles. The fourth-order valence-electron chi connectivity index (χ4n) is 2.52. The zero-order valence-corrected chi connectivity index (χ0v) is 17.3. The summed E-state index contributed by atoms with van der Waals surface area (Å²) in [7, 11) is -7.77. The third-order valence-electron chi connectivity index (χ3n) is 3.41. The number of amides is 1. The molecule has 4 N–H and O–H groups in total. The average Bonchev–Trinajstić information content (AvgIpc) is 2.93. The zero-order chi connectivity index (χ0) is 20.4. The average molecular weight is 434 g/mol. The summed E-state index contributed by atoms with van der Waals surface area (Å²) < 4.78 is 49.2. The number of hydrogen-bond acceptors (Lipinski definition) is 8. The molecular weight excluding hydrogens is 414 g/mol. The summed E-state index contributed by atoms with van der Waals surface area (Å²) >= 11 is 0.603. The van der Waals surface area contributed by atoms with Crippen molar-refractivity contribution in [3.05, 3.63) is 28.8 Å². The van der Waals surface area contributed by atoms with Crippen LogP contribution >= 0.6 is 11.3 Å². The molecule has 0 saturated heterocycles. The molecule has 0 atom stereocenters. The van der Waals surface area contributed by atoms with Crippen molar-refractivity contribution in [3.8, 4) is 0 Å². The van der Waals surface area contributed by atoms with E-state index in [1.54, 1.807) is 26.0 Å². The Balaban J connectivity index is 1.97. The lowest BCUT2D eigenvalue weighted by Gasteiger charge is -2.13. The molecule has 0 aliphatic carbocycles. The highest BCUT2D eigenvalue weighted by Crippen LogP contribution is 2.21. The number of nitrogens with one attached hydrogen (secondary N) is 2. The molecule has 13 heteroatoms. The second kappa shape index (κ2) is 7.98. The van der Waals surface area contributed by atoms with Gasteiger partial charge in [0, 0.05) is 13.0 Å². The molecule has 1 aromatic heterocycles. The van der Waals surface area contributed by atoms with E-state index in [4.69, 9.17) is 5.14 Å². The molecule has 0 fully saturated rings. The minimum Gasteiger partial charge on any atom is -0.300 e. The van der Waals surface area contributed by atoms with Crippen molar-refractivity contribution in [2.24, 2.45) is 5.14 Å². The summed E-state index contributed by atoms with van der Waals surface area (Å²) in [6.07, 6.45) is -0.173. The highest BCUT2D eigenvalue weighted by Gasteiger charge is 2.20. The van der Waals surface area contributed by atoms with Crippen molar-refractivity contribution >= 4 is 42.4 Å². The molecule has 1 heterocycles. The Hall–Kier alpha value is -1.93. The fraction of sp³-hybridized carbons (Fsp3) is 0.357. The van der Waals surface area contributed by atoms with Crippen molar-refractivity contribution in [2.45, 2.75) is 36.4 Å². The van der Waals surface area contributed by atoms with E-state index in [2.05, 4.69) is 20.2 Å². The molecule has 10 nitrogen and oxygen atoms in total. The summed E-state index contributed by atoms with van der Waals surface area (Å²) in [6.45, 7) is 5.16. The van der Waals surface area contributed by atoms with Crippen molar-refractivity contribution < 1.29 is 21.6 Å². The second-order valence-corrected chi connectivity index (χ2v) is 10.3. The van der Waals surface area contributed by atoms with Crippen LogP contribution in [0.3, 0.4) is 0 Å². The van der Waals surface area contributed by atoms with E-state index in [9.17, 15) is 21.6 Å². The number of nitrogens with two attached hydrogens (primary N) is 1. The second-order valence-electron chi connectivity index (χ2n) is 5.84. The van der Waals surface area contributed by atoms with Crippen LogP contribution in [-0.2, 0) is 24.8 Å². The molecule has 148 valence electrons. The first-order chi connectivity index (χ1) is 12.4. The number of anilines is 1. The molecule has 27 heavy (non-hydrogen) atoms. The van der Waals surface area contributed by atoms with E-state index >= 15 is 0 Å². The van der Waals surface area contributed by atoms with Crippen LogP contribution in [0.4, 0.5) is 5.13 Å². The van der Waals surface area contributed by atoms with Crippen LogP contribution in [0.5, 0.6) is 0 Å². The van der Waals surface area contributed by atoms with Crippen molar-refractivity contribution in [2.75, 3.05) is 11.9 Å². The van der Waals surface area contributed by atoms with E-state index in [1.165, 1.54) is 0 Å². The summed E-state index contributed by atoms with van der Waals surface area (Å²) in [4.78, 5) is 12.1. The van der Waals surface area contributed by atoms with Gasteiger partial charge in [0.2, 0.25) is 25.4 Å². The largest absolute Gasteiger partial charge is 0.300 e. The number of carbonyl (C=O) groups is 1. The number of hydrogen-bond donors (Lipinski definition) is 3. The van der Waals surface area contributed by atoms with E-state index in [0.29, 0.717) is 22.5 Å². The van der Waals surface area contributed by atoms with Gasteiger partial charge in [0.25, 0.3) is 10.0 Å². The normalized spacial score (nSPS) is 12.1. The van der Waals surface area contributed by atoms with Gasteiger partial charge in [-0.25, -0.2) is 26.7 Å². The van der Waals surface area contributed by atoms with Gasteiger partial charge in [-0.1, -0.05) is 29.0 Å². The number of benzene rings is 1. The minimum atomic E-state index is -3.99. The number of primary sulfonamides is 1. The molecule has 2 aromatic rings. The van der Waals surface area contributed by atoms with Crippen molar-refractivity contribution in [1.82, 2.24) is 14.9 Å². The smallest absolute Gasteiger partial charge is 0.267 e. The minimum absolute atomic E-state index is 0.0443. The van der Waals surface area contributed by atoms with Gasteiger partial charge in [-0.15, -0.1) is 10.2 Å². The summed E-state index contributed by atoms with van der Waals surface area (Å²) in [5.41, 5.74) is 2.20. The first kappa shape index (κ1) is 21.4. The lowest BCUT2D eigenvalue weighted by Crippen LogP contribution is -2.29. The number of rotatable bonds is 7. The SMILES string of the molecule is Cc1cc(C)c(S(=O)(=O)NCCC(=O)Nc2nnc(S(N)(=O)=O)s2)c(C)c1. The molecular formula is C14H19N5O5S3. The van der Waals surface area contributed by atoms with E-state index < -0.39 is 30.3 Å². The maximum atomic E-state index is 12.5. The molecule has 1 aromatic carbocycles. The molecule has 0 bridgehead atoms. The molecule has 1 amide bonds. The Morgan fingerprint density at radius 3 is 2.22 bits per heavy atom. The van der Waals surface area contributed by atoms with Crippen molar-refractivity contribution in [1.29, 1.82) is 0 Å². The predicted molar refractivity (Wildman–Crippen MR) is 100 cm³/mol. The Kier molecular flexibility index (Phi) is 6.32. The van der Waals surface area contributed by atoms with Gasteiger partial charge in [0.15, 0.2) is 0 Å². The molecule has 0 radical (unpaired) electrons. The summed E-state index contributed by atoms with van der Waals surface area (Å²) in [5.74, 6) is -0.549. The van der Waals surface area contributed by atoms with Crippen LogP contribution in [0.25, 0.3) is 0 Å². The topological polar surface area (TPSA) is 161 Å². The lowest BCUT2D eigenvalue weighted by molar-refractivity contribution is -0.116. The third kappa shape index (κ3) is 5.52. The predicted octanol–water partition coefficient (Wildman–Crippen LogP) is 0.418. The van der Waals surface area contributed by atoms with E-state index in [1.807, 2.05) is 6.92 Å². The summed E-state index contributed by atoms with van der Waals surface area (Å²) in [6, 6.07) is 3.54. The lowest BCUT2D eigenvalue weighted by atomic mass is 10.1. The third-order valence-corrected chi connectivity index (χ3v) is 7.33. The monoisotopic (exact) mass is 433 g/mol. The van der Waals surface area contributed by atoms with Gasteiger partial charge >= 0.3 is 0 Å². The van der Waals surface area contributed by atoms with Crippen molar-refractivity contribution in [3.63, 3.8) is 0 Å². The highest BCUT2D eigenvalue weighted by atomic mass is 32.2. The molecule has 2 rings (SSSR count). The van der Waals surface area contributed by atoms with Gasteiger partial charge in [-0.2, -0.15) is 0 Å². The first-order valence-corrected chi connectivity index (χ1v) is 11.5. The number of sulfonamides is 2. The van der Waals surface area contributed by atoms with Gasteiger partial charge in [-0.05, 0) is 31.9 Å². The molecule has 0 spiro atoms. The van der Waals surface area contributed by atoms with Gasteiger partial charge < -0.3 is 5.32 Å². The Morgan fingerprint density at radius 1 is 1.11 bits per heavy atom. The Bertz CT molecular complexity index is 1050. The van der Waals surface area contributed by atoms with Crippen LogP contribution in [0.1, 0.15) is 23.1 Å². The molecule has 0 aliphatic rings. The van der Waals surface area contributed by atoms with E-state index in [-0.39, 0.29) is 23.0 Å². The van der Waals surface area contributed by atoms with Gasteiger partial charge in [0.1, 0.15) is 0 Å². The Labute approximate surface area is 161 Å². The van der Waals surface area contributed by atoms with Crippen LogP contribution in [-0.4, -0.2) is 39.5 Å². The van der Waals surface area contributed by atoms with Gasteiger partial charge in [0.05, 0.1) is 4.90 Å². The van der Waals surface area contributed by atoms with Gasteiger partial charge in [-0.3, -0.25) is 4.79 Å². The number of carbonyl (C=O) groups excluding carboxylic acids is 1. The fourth-order valence-corrected chi connectivity index (χ4v) is 5.35.